The zero-order chi connectivity index (χ0) is 12.4. The normalized spacial score (nSPS) is 24.6. The second-order valence-electron chi connectivity index (χ2n) is 5.42. The summed E-state index contributed by atoms with van der Waals surface area (Å²) in [6.07, 6.45) is 4.56. The first-order chi connectivity index (χ1) is 8.08. The van der Waals surface area contributed by atoms with Crippen LogP contribution in [0.5, 0.6) is 0 Å². The van der Waals surface area contributed by atoms with Gasteiger partial charge in [-0.25, -0.2) is 0 Å². The molecule has 2 rings (SSSR count). The number of carbonyl (C=O) groups is 1. The smallest absolute Gasteiger partial charge is 0.167 e. The molecule has 0 bridgehead atoms. The third-order valence-electron chi connectivity index (χ3n) is 3.80. The van der Waals surface area contributed by atoms with E-state index in [9.17, 15) is 4.79 Å². The molecule has 0 aromatic carbocycles. The van der Waals surface area contributed by atoms with Crippen molar-refractivity contribution >= 4 is 5.78 Å². The van der Waals surface area contributed by atoms with E-state index in [4.69, 9.17) is 0 Å². The van der Waals surface area contributed by atoms with Gasteiger partial charge in [0, 0.05) is 22.9 Å². The number of pyridine rings is 1. The minimum absolute atomic E-state index is 0.224. The highest BCUT2D eigenvalue weighted by Gasteiger charge is 2.26. The molecule has 2 nitrogen and oxygen atoms in total. The minimum Gasteiger partial charge on any atom is -0.294 e. The summed E-state index contributed by atoms with van der Waals surface area (Å²) >= 11 is 0. The number of aromatic nitrogens is 1. The van der Waals surface area contributed by atoms with Gasteiger partial charge in [0.2, 0.25) is 0 Å². The fraction of sp³-hybridized carbons (Fsp3) is 0.600. The van der Waals surface area contributed by atoms with E-state index in [0.29, 0.717) is 11.7 Å². The molecule has 2 heteroatoms. The van der Waals surface area contributed by atoms with Gasteiger partial charge in [-0.05, 0) is 44.7 Å². The van der Waals surface area contributed by atoms with Gasteiger partial charge in [0.25, 0.3) is 0 Å². The predicted molar refractivity (Wildman–Crippen MR) is 69.2 cm³/mol. The highest BCUT2D eigenvalue weighted by atomic mass is 16.1. The number of carbonyl (C=O) groups excluding carboxylic acids is 1. The Morgan fingerprint density at radius 1 is 1.29 bits per heavy atom. The molecule has 1 aliphatic carbocycles. The zero-order valence-corrected chi connectivity index (χ0v) is 11.0. The van der Waals surface area contributed by atoms with E-state index >= 15 is 0 Å². The van der Waals surface area contributed by atoms with Crippen LogP contribution in [0.25, 0.3) is 0 Å². The van der Waals surface area contributed by atoms with Gasteiger partial charge in [-0.1, -0.05) is 19.8 Å². The summed E-state index contributed by atoms with van der Waals surface area (Å²) in [5.41, 5.74) is 2.69. The van der Waals surface area contributed by atoms with E-state index in [1.165, 1.54) is 12.8 Å². The topological polar surface area (TPSA) is 30.0 Å². The van der Waals surface area contributed by atoms with Gasteiger partial charge in [-0.15, -0.1) is 0 Å². The predicted octanol–water partition coefficient (Wildman–Crippen LogP) is 3.71. The van der Waals surface area contributed by atoms with Gasteiger partial charge in [0.05, 0.1) is 0 Å². The van der Waals surface area contributed by atoms with Crippen molar-refractivity contribution in [2.24, 2.45) is 11.8 Å². The standard InChI is InChI=1S/C15H21NO/c1-10-5-4-6-13(9-10)15(17)14-8-7-11(2)16-12(14)3/h7-8,10,13H,4-6,9H2,1-3H3. The Balaban J connectivity index is 2.18. The van der Waals surface area contributed by atoms with Crippen molar-refractivity contribution < 1.29 is 4.79 Å². The first-order valence-electron chi connectivity index (χ1n) is 6.56. The lowest BCUT2D eigenvalue weighted by Crippen LogP contribution is -2.22. The van der Waals surface area contributed by atoms with Crippen LogP contribution in [0, 0.1) is 25.7 Å². The van der Waals surface area contributed by atoms with Gasteiger partial charge >= 0.3 is 0 Å². The summed E-state index contributed by atoms with van der Waals surface area (Å²) in [7, 11) is 0. The number of nitrogens with zero attached hydrogens (tertiary/aromatic N) is 1. The van der Waals surface area contributed by atoms with Crippen LogP contribution < -0.4 is 0 Å². The van der Waals surface area contributed by atoms with Crippen LogP contribution in [-0.2, 0) is 0 Å². The maximum absolute atomic E-state index is 12.4. The maximum atomic E-state index is 12.4. The summed E-state index contributed by atoms with van der Waals surface area (Å²) < 4.78 is 0. The number of rotatable bonds is 2. The summed E-state index contributed by atoms with van der Waals surface area (Å²) in [6.45, 7) is 6.15. The Morgan fingerprint density at radius 3 is 2.71 bits per heavy atom. The lowest BCUT2D eigenvalue weighted by atomic mass is 9.78. The van der Waals surface area contributed by atoms with E-state index < -0.39 is 0 Å². The third kappa shape index (κ3) is 2.74. The van der Waals surface area contributed by atoms with E-state index in [1.807, 2.05) is 26.0 Å². The molecule has 17 heavy (non-hydrogen) atoms. The van der Waals surface area contributed by atoms with E-state index in [0.717, 1.165) is 29.8 Å². The van der Waals surface area contributed by atoms with Crippen LogP contribution in [0.15, 0.2) is 12.1 Å². The molecule has 2 atom stereocenters. The van der Waals surface area contributed by atoms with Crippen LogP contribution in [0.1, 0.15) is 54.4 Å². The Bertz CT molecular complexity index is 425. The quantitative estimate of drug-likeness (QED) is 0.726. The second-order valence-corrected chi connectivity index (χ2v) is 5.42. The van der Waals surface area contributed by atoms with Crippen molar-refractivity contribution in [3.8, 4) is 0 Å². The molecule has 1 aromatic heterocycles. The van der Waals surface area contributed by atoms with Crippen molar-refractivity contribution in [1.82, 2.24) is 4.98 Å². The molecule has 1 heterocycles. The summed E-state index contributed by atoms with van der Waals surface area (Å²) in [5.74, 6) is 1.22. The van der Waals surface area contributed by atoms with Crippen molar-refractivity contribution in [3.63, 3.8) is 0 Å². The number of ketones is 1. The van der Waals surface area contributed by atoms with Crippen molar-refractivity contribution in [2.45, 2.75) is 46.5 Å². The van der Waals surface area contributed by atoms with Crippen molar-refractivity contribution in [3.05, 3.63) is 29.1 Å². The van der Waals surface area contributed by atoms with Gasteiger partial charge in [0.15, 0.2) is 5.78 Å². The maximum Gasteiger partial charge on any atom is 0.167 e. The Labute approximate surface area is 103 Å². The molecule has 1 fully saturated rings. The fourth-order valence-corrected chi connectivity index (χ4v) is 2.84. The first kappa shape index (κ1) is 12.3. The molecule has 0 saturated heterocycles. The molecule has 1 aliphatic rings. The van der Waals surface area contributed by atoms with E-state index in [2.05, 4.69) is 11.9 Å². The molecular weight excluding hydrogens is 210 g/mol. The monoisotopic (exact) mass is 231 g/mol. The molecule has 0 spiro atoms. The highest BCUT2D eigenvalue weighted by molar-refractivity contribution is 5.98. The zero-order valence-electron chi connectivity index (χ0n) is 11.0. The number of hydrogen-bond donors (Lipinski definition) is 0. The van der Waals surface area contributed by atoms with Gasteiger partial charge < -0.3 is 0 Å². The Kier molecular flexibility index (Phi) is 3.60. The summed E-state index contributed by atoms with van der Waals surface area (Å²) in [5, 5.41) is 0. The Hall–Kier alpha value is -1.18. The average Bonchev–Trinajstić information content (AvgIpc) is 2.28. The largest absolute Gasteiger partial charge is 0.294 e. The number of Topliss-reactive ketones (excluding diaryl/α,β-unsaturated/α-hetero) is 1. The van der Waals surface area contributed by atoms with Crippen LogP contribution in [0.4, 0.5) is 0 Å². The number of aryl methyl sites for hydroxylation is 2. The number of hydrogen-bond acceptors (Lipinski definition) is 2. The fourth-order valence-electron chi connectivity index (χ4n) is 2.84. The lowest BCUT2D eigenvalue weighted by Gasteiger charge is -2.25. The van der Waals surface area contributed by atoms with Gasteiger partial charge in [0.1, 0.15) is 0 Å². The average molecular weight is 231 g/mol. The highest BCUT2D eigenvalue weighted by Crippen LogP contribution is 2.31. The van der Waals surface area contributed by atoms with Crippen LogP contribution in [0.2, 0.25) is 0 Å². The second kappa shape index (κ2) is 4.99. The molecule has 0 radical (unpaired) electrons. The molecule has 2 unspecified atom stereocenters. The molecule has 1 aromatic rings. The van der Waals surface area contributed by atoms with Crippen molar-refractivity contribution in [1.29, 1.82) is 0 Å². The molecule has 0 aliphatic heterocycles. The molecule has 0 amide bonds. The Morgan fingerprint density at radius 2 is 2.06 bits per heavy atom. The molecule has 0 N–H and O–H groups in total. The van der Waals surface area contributed by atoms with Gasteiger partial charge in [-0.3, -0.25) is 9.78 Å². The van der Waals surface area contributed by atoms with Crippen LogP contribution >= 0.6 is 0 Å². The molecule has 1 saturated carbocycles. The molecular formula is C15H21NO. The van der Waals surface area contributed by atoms with E-state index in [-0.39, 0.29) is 5.92 Å². The third-order valence-corrected chi connectivity index (χ3v) is 3.80. The lowest BCUT2D eigenvalue weighted by molar-refractivity contribution is 0.0867. The van der Waals surface area contributed by atoms with E-state index in [1.54, 1.807) is 0 Å². The van der Waals surface area contributed by atoms with Crippen LogP contribution in [0.3, 0.4) is 0 Å². The SMILES string of the molecule is Cc1ccc(C(=O)C2CCCC(C)C2)c(C)n1. The van der Waals surface area contributed by atoms with Crippen molar-refractivity contribution in [2.75, 3.05) is 0 Å². The van der Waals surface area contributed by atoms with Gasteiger partial charge in [-0.2, -0.15) is 0 Å². The van der Waals surface area contributed by atoms with Crippen LogP contribution in [-0.4, -0.2) is 10.8 Å². The summed E-state index contributed by atoms with van der Waals surface area (Å²) in [4.78, 5) is 16.8. The first-order valence-corrected chi connectivity index (χ1v) is 6.56. The minimum atomic E-state index is 0.224. The summed E-state index contributed by atoms with van der Waals surface area (Å²) in [6, 6.07) is 3.88. The molecule has 92 valence electrons.